The smallest absolute Gasteiger partial charge is 0.219 e. The summed E-state index contributed by atoms with van der Waals surface area (Å²) in [6.45, 7) is 7.59. The van der Waals surface area contributed by atoms with Crippen molar-refractivity contribution in [3.63, 3.8) is 0 Å². The maximum Gasteiger partial charge on any atom is 0.219 e. The van der Waals surface area contributed by atoms with Crippen molar-refractivity contribution in [3.05, 3.63) is 18.2 Å². The minimum atomic E-state index is -0.288. The number of hydrogen-bond donors (Lipinski definition) is 2. The highest BCUT2D eigenvalue weighted by molar-refractivity contribution is 5.73. The zero-order chi connectivity index (χ0) is 12.2. The van der Waals surface area contributed by atoms with Crippen molar-refractivity contribution in [1.82, 2.24) is 14.9 Å². The number of carbonyl (C=O) groups is 1. The Morgan fingerprint density at radius 3 is 2.81 bits per heavy atom. The molecule has 0 aliphatic carbocycles. The molecule has 3 N–H and O–H groups in total. The third-order valence-corrected chi connectivity index (χ3v) is 2.18. The van der Waals surface area contributed by atoms with Crippen molar-refractivity contribution in [2.75, 3.05) is 0 Å². The van der Waals surface area contributed by atoms with E-state index in [0.717, 1.165) is 5.82 Å². The van der Waals surface area contributed by atoms with E-state index in [1.807, 2.05) is 10.8 Å². The van der Waals surface area contributed by atoms with Crippen LogP contribution in [0.3, 0.4) is 0 Å². The van der Waals surface area contributed by atoms with Gasteiger partial charge in [0, 0.05) is 30.9 Å². The van der Waals surface area contributed by atoms with Crippen LogP contribution in [0.15, 0.2) is 12.4 Å². The van der Waals surface area contributed by atoms with Gasteiger partial charge in [0.15, 0.2) is 0 Å². The summed E-state index contributed by atoms with van der Waals surface area (Å²) in [5.74, 6) is 0.639. The van der Waals surface area contributed by atoms with Crippen molar-refractivity contribution < 1.29 is 4.79 Å². The Hall–Kier alpha value is -1.36. The Morgan fingerprint density at radius 1 is 1.56 bits per heavy atom. The minimum absolute atomic E-state index is 0.0560. The summed E-state index contributed by atoms with van der Waals surface area (Å²) in [5.41, 5.74) is 5.17. The summed E-state index contributed by atoms with van der Waals surface area (Å²) in [4.78, 5) is 14.9. The van der Waals surface area contributed by atoms with Gasteiger partial charge in [-0.1, -0.05) is 0 Å². The third kappa shape index (κ3) is 4.44. The number of aryl methyl sites for hydroxylation is 1. The monoisotopic (exact) mass is 224 g/mol. The molecule has 90 valence electrons. The molecular formula is C11H20N4O. The average molecular weight is 224 g/mol. The number of primary amides is 1. The largest absolute Gasteiger partial charge is 0.370 e. The van der Waals surface area contributed by atoms with E-state index in [9.17, 15) is 4.79 Å². The third-order valence-electron chi connectivity index (χ3n) is 2.18. The predicted molar refractivity (Wildman–Crippen MR) is 62.6 cm³/mol. The number of amides is 1. The topological polar surface area (TPSA) is 72.9 Å². The summed E-state index contributed by atoms with van der Waals surface area (Å²) in [6.07, 6.45) is 3.95. The van der Waals surface area contributed by atoms with Crippen LogP contribution in [0.1, 0.15) is 33.0 Å². The molecule has 5 heteroatoms. The van der Waals surface area contributed by atoms with Gasteiger partial charge in [0.05, 0.1) is 6.54 Å². The van der Waals surface area contributed by atoms with Crippen molar-refractivity contribution >= 4 is 5.91 Å². The molecule has 0 aliphatic heterocycles. The number of rotatable bonds is 5. The van der Waals surface area contributed by atoms with Crippen molar-refractivity contribution in [2.24, 2.45) is 5.73 Å². The number of nitrogens with one attached hydrogen (secondary N) is 1. The zero-order valence-electron chi connectivity index (χ0n) is 10.2. The number of imidazole rings is 1. The maximum atomic E-state index is 10.7. The van der Waals surface area contributed by atoms with Crippen LogP contribution < -0.4 is 11.1 Å². The standard InChI is InChI=1S/C11H20N4O/c1-11(2,3)14-8-10-13-5-7-15(10)6-4-9(12)16/h5,7,14H,4,6,8H2,1-3H3,(H2,12,16). The first-order valence-corrected chi connectivity index (χ1v) is 5.42. The van der Waals surface area contributed by atoms with Crippen LogP contribution in [-0.4, -0.2) is 21.0 Å². The molecule has 0 unspecified atom stereocenters. The Kier molecular flexibility index (Phi) is 4.06. The van der Waals surface area contributed by atoms with E-state index in [4.69, 9.17) is 5.73 Å². The summed E-state index contributed by atoms with van der Waals surface area (Å²) in [7, 11) is 0. The molecule has 1 aromatic rings. The first-order valence-electron chi connectivity index (χ1n) is 5.42. The maximum absolute atomic E-state index is 10.7. The summed E-state index contributed by atoms with van der Waals surface area (Å²) < 4.78 is 1.95. The average Bonchev–Trinajstić information content (AvgIpc) is 2.57. The van der Waals surface area contributed by atoms with Gasteiger partial charge in [-0.2, -0.15) is 0 Å². The number of nitrogens with two attached hydrogens (primary N) is 1. The predicted octanol–water partition coefficient (Wildman–Crippen LogP) is 0.647. The fraction of sp³-hybridized carbons (Fsp3) is 0.636. The normalized spacial score (nSPS) is 11.7. The quantitative estimate of drug-likeness (QED) is 0.771. The van der Waals surface area contributed by atoms with Crippen LogP contribution in [0.2, 0.25) is 0 Å². The Labute approximate surface area is 96.0 Å². The minimum Gasteiger partial charge on any atom is -0.370 e. The highest BCUT2D eigenvalue weighted by atomic mass is 16.1. The first kappa shape index (κ1) is 12.7. The number of aromatic nitrogens is 2. The van der Waals surface area contributed by atoms with Gasteiger partial charge in [0.2, 0.25) is 5.91 Å². The molecule has 1 amide bonds. The molecule has 1 aromatic heterocycles. The van der Waals surface area contributed by atoms with Crippen LogP contribution in [0.5, 0.6) is 0 Å². The second-order valence-electron chi connectivity index (χ2n) is 4.86. The van der Waals surface area contributed by atoms with Crippen LogP contribution >= 0.6 is 0 Å². The van der Waals surface area contributed by atoms with Crippen LogP contribution in [0, 0.1) is 0 Å². The number of hydrogen-bond acceptors (Lipinski definition) is 3. The molecule has 0 spiro atoms. The molecule has 5 nitrogen and oxygen atoms in total. The Bertz CT molecular complexity index is 351. The van der Waals surface area contributed by atoms with Crippen molar-refractivity contribution in [3.8, 4) is 0 Å². The van der Waals surface area contributed by atoms with E-state index < -0.39 is 0 Å². The lowest BCUT2D eigenvalue weighted by Gasteiger charge is -2.20. The van der Waals surface area contributed by atoms with E-state index in [1.54, 1.807) is 6.20 Å². The molecule has 0 aliphatic rings. The molecule has 0 saturated carbocycles. The lowest BCUT2D eigenvalue weighted by Crippen LogP contribution is -2.36. The number of carbonyl (C=O) groups excluding carboxylic acids is 1. The Morgan fingerprint density at radius 2 is 2.25 bits per heavy atom. The Balaban J connectivity index is 2.53. The summed E-state index contributed by atoms with van der Waals surface area (Å²) >= 11 is 0. The molecule has 1 heterocycles. The van der Waals surface area contributed by atoms with Crippen LogP contribution in [0.25, 0.3) is 0 Å². The lowest BCUT2D eigenvalue weighted by atomic mass is 10.1. The summed E-state index contributed by atoms with van der Waals surface area (Å²) in [5, 5.41) is 3.35. The van der Waals surface area contributed by atoms with Gasteiger partial charge in [0.25, 0.3) is 0 Å². The second-order valence-corrected chi connectivity index (χ2v) is 4.86. The van der Waals surface area contributed by atoms with Gasteiger partial charge in [-0.3, -0.25) is 4.79 Å². The molecular weight excluding hydrogens is 204 g/mol. The highest BCUT2D eigenvalue weighted by Crippen LogP contribution is 2.04. The van der Waals surface area contributed by atoms with Crippen LogP contribution in [0.4, 0.5) is 0 Å². The van der Waals surface area contributed by atoms with Gasteiger partial charge in [-0.25, -0.2) is 4.98 Å². The lowest BCUT2D eigenvalue weighted by molar-refractivity contribution is -0.118. The van der Waals surface area contributed by atoms with E-state index in [2.05, 4.69) is 31.1 Å². The molecule has 0 saturated heterocycles. The fourth-order valence-corrected chi connectivity index (χ4v) is 1.29. The molecule has 16 heavy (non-hydrogen) atoms. The molecule has 1 rings (SSSR count). The van der Waals surface area contributed by atoms with Crippen molar-refractivity contribution in [2.45, 2.75) is 45.8 Å². The zero-order valence-corrected chi connectivity index (χ0v) is 10.2. The van der Waals surface area contributed by atoms with E-state index in [1.165, 1.54) is 0 Å². The van der Waals surface area contributed by atoms with E-state index in [-0.39, 0.29) is 11.4 Å². The second kappa shape index (κ2) is 5.12. The van der Waals surface area contributed by atoms with Gasteiger partial charge < -0.3 is 15.6 Å². The molecule has 0 atom stereocenters. The van der Waals surface area contributed by atoms with E-state index >= 15 is 0 Å². The summed E-state index contributed by atoms with van der Waals surface area (Å²) in [6, 6.07) is 0. The van der Waals surface area contributed by atoms with Crippen molar-refractivity contribution in [1.29, 1.82) is 0 Å². The van der Waals surface area contributed by atoms with Crippen LogP contribution in [-0.2, 0) is 17.9 Å². The van der Waals surface area contributed by atoms with Gasteiger partial charge >= 0.3 is 0 Å². The molecule has 0 aromatic carbocycles. The molecule has 0 fully saturated rings. The van der Waals surface area contributed by atoms with Gasteiger partial charge in [-0.05, 0) is 20.8 Å². The molecule has 0 radical (unpaired) electrons. The SMILES string of the molecule is CC(C)(C)NCc1nccn1CCC(N)=O. The first-order chi connectivity index (χ1) is 7.38. The fourth-order valence-electron chi connectivity index (χ4n) is 1.29. The van der Waals surface area contributed by atoms with Gasteiger partial charge in [0.1, 0.15) is 5.82 Å². The van der Waals surface area contributed by atoms with Gasteiger partial charge in [-0.15, -0.1) is 0 Å². The number of nitrogens with zero attached hydrogens (tertiary/aromatic N) is 2. The highest BCUT2D eigenvalue weighted by Gasteiger charge is 2.11. The molecule has 0 bridgehead atoms. The van der Waals surface area contributed by atoms with E-state index in [0.29, 0.717) is 19.5 Å².